The van der Waals surface area contributed by atoms with E-state index in [-0.39, 0.29) is 18.3 Å². The van der Waals surface area contributed by atoms with Crippen molar-refractivity contribution in [2.45, 2.75) is 13.3 Å². The van der Waals surface area contributed by atoms with Crippen LogP contribution < -0.4 is 9.64 Å². The highest BCUT2D eigenvalue weighted by Gasteiger charge is 2.25. The standard InChI is InChI=1S/C19H21Cl2N3O2S2.ClH/c1-11-6-7-13(26-4)15-16(11)28-19(22-15)24(9-5-8-23(2)3)18(25)12-10-14(20)27-17(12)21;/h6-7,10H,5,8-9H2,1-4H3;1H. The zero-order valence-electron chi connectivity index (χ0n) is 16.5. The van der Waals surface area contributed by atoms with Crippen molar-refractivity contribution in [1.29, 1.82) is 0 Å². The van der Waals surface area contributed by atoms with Crippen molar-refractivity contribution < 1.29 is 9.53 Å². The molecule has 0 aliphatic carbocycles. The van der Waals surface area contributed by atoms with Gasteiger partial charge in [0.1, 0.15) is 15.6 Å². The largest absolute Gasteiger partial charge is 0.494 e. The van der Waals surface area contributed by atoms with Gasteiger partial charge in [-0.25, -0.2) is 4.98 Å². The fourth-order valence-corrected chi connectivity index (χ4v) is 5.36. The highest BCUT2D eigenvalue weighted by Crippen LogP contribution is 2.38. The van der Waals surface area contributed by atoms with Crippen LogP contribution in [0.4, 0.5) is 5.13 Å². The number of halogens is 3. The van der Waals surface area contributed by atoms with Crippen LogP contribution in [0.5, 0.6) is 5.75 Å². The molecule has 29 heavy (non-hydrogen) atoms. The number of thiophene rings is 1. The first-order valence-corrected chi connectivity index (χ1v) is 11.1. The molecule has 0 aliphatic rings. The Morgan fingerprint density at radius 1 is 1.21 bits per heavy atom. The number of carbonyl (C=O) groups excluding carboxylic acids is 1. The molecule has 0 bridgehead atoms. The van der Waals surface area contributed by atoms with Crippen LogP contribution in [0.25, 0.3) is 10.2 Å². The first-order chi connectivity index (χ1) is 13.3. The predicted molar refractivity (Wildman–Crippen MR) is 127 cm³/mol. The number of anilines is 1. The van der Waals surface area contributed by atoms with Gasteiger partial charge in [-0.2, -0.15) is 0 Å². The Balaban J connectivity index is 0.00000300. The van der Waals surface area contributed by atoms with Crippen LogP contribution >= 0.6 is 58.3 Å². The van der Waals surface area contributed by atoms with Gasteiger partial charge in [0.2, 0.25) is 0 Å². The highest BCUT2D eigenvalue weighted by molar-refractivity contribution is 7.22. The molecule has 0 N–H and O–H groups in total. The summed E-state index contributed by atoms with van der Waals surface area (Å²) in [7, 11) is 5.64. The third kappa shape index (κ3) is 5.34. The number of methoxy groups -OCH3 is 1. The highest BCUT2D eigenvalue weighted by atomic mass is 35.5. The summed E-state index contributed by atoms with van der Waals surface area (Å²) in [5.74, 6) is 0.503. The zero-order valence-corrected chi connectivity index (χ0v) is 20.5. The molecule has 1 aromatic carbocycles. The Morgan fingerprint density at radius 3 is 2.52 bits per heavy atom. The number of thiazole rings is 1. The van der Waals surface area contributed by atoms with Crippen LogP contribution in [0.2, 0.25) is 8.67 Å². The lowest BCUT2D eigenvalue weighted by molar-refractivity contribution is 0.0986. The molecule has 0 atom stereocenters. The Kier molecular flexibility index (Phi) is 8.58. The molecule has 0 saturated heterocycles. The quantitative estimate of drug-likeness (QED) is 0.404. The molecular weight excluding hydrogens is 473 g/mol. The number of fused-ring (bicyclic) bond motifs is 1. The first kappa shape index (κ1) is 24.2. The molecule has 0 fully saturated rings. The van der Waals surface area contributed by atoms with Gasteiger partial charge in [-0.1, -0.05) is 40.6 Å². The summed E-state index contributed by atoms with van der Waals surface area (Å²) in [5.41, 5.74) is 2.27. The number of nitrogens with zero attached hydrogens (tertiary/aromatic N) is 3. The average molecular weight is 495 g/mol. The predicted octanol–water partition coefficient (Wildman–Crippen LogP) is 6.00. The Hall–Kier alpha value is -1.09. The molecule has 3 aromatic rings. The van der Waals surface area contributed by atoms with Crippen molar-refractivity contribution in [3.05, 3.63) is 38.0 Å². The van der Waals surface area contributed by atoms with E-state index in [1.54, 1.807) is 18.1 Å². The second-order valence-corrected chi connectivity index (χ2v) is 9.87. The molecule has 0 unspecified atom stereocenters. The topological polar surface area (TPSA) is 45.7 Å². The van der Waals surface area contributed by atoms with Crippen LogP contribution in [0.15, 0.2) is 18.2 Å². The third-order valence-electron chi connectivity index (χ3n) is 4.26. The summed E-state index contributed by atoms with van der Waals surface area (Å²) in [6, 6.07) is 5.51. The van der Waals surface area contributed by atoms with E-state index in [1.165, 1.54) is 22.7 Å². The molecule has 2 aromatic heterocycles. The van der Waals surface area contributed by atoms with E-state index < -0.39 is 0 Å². The van der Waals surface area contributed by atoms with Gasteiger partial charge in [0.25, 0.3) is 5.91 Å². The minimum Gasteiger partial charge on any atom is -0.494 e. The second-order valence-electron chi connectivity index (χ2n) is 6.61. The van der Waals surface area contributed by atoms with Gasteiger partial charge < -0.3 is 9.64 Å². The molecule has 0 aliphatic heterocycles. The van der Waals surface area contributed by atoms with E-state index in [0.717, 1.165) is 28.7 Å². The van der Waals surface area contributed by atoms with Crippen molar-refractivity contribution in [3.8, 4) is 5.75 Å². The Morgan fingerprint density at radius 2 is 1.93 bits per heavy atom. The summed E-state index contributed by atoms with van der Waals surface area (Å²) >= 11 is 15.0. The van der Waals surface area contributed by atoms with E-state index in [4.69, 9.17) is 32.9 Å². The number of rotatable bonds is 7. The number of carbonyl (C=O) groups is 1. The number of amides is 1. The van der Waals surface area contributed by atoms with Crippen molar-refractivity contribution in [2.24, 2.45) is 0 Å². The first-order valence-electron chi connectivity index (χ1n) is 8.67. The van der Waals surface area contributed by atoms with E-state index in [1.807, 2.05) is 33.2 Å². The van der Waals surface area contributed by atoms with Gasteiger partial charge in [-0.3, -0.25) is 9.69 Å². The van der Waals surface area contributed by atoms with Crippen LogP contribution in [0, 0.1) is 6.92 Å². The normalized spacial score (nSPS) is 11.0. The van der Waals surface area contributed by atoms with Crippen molar-refractivity contribution in [1.82, 2.24) is 9.88 Å². The van der Waals surface area contributed by atoms with Crippen LogP contribution in [-0.4, -0.2) is 50.1 Å². The van der Waals surface area contributed by atoms with Crippen molar-refractivity contribution in [2.75, 3.05) is 39.2 Å². The van der Waals surface area contributed by atoms with Crippen LogP contribution in [-0.2, 0) is 0 Å². The fraction of sp³-hybridized carbons (Fsp3) is 0.368. The summed E-state index contributed by atoms with van der Waals surface area (Å²) in [6.45, 7) is 3.41. The van der Waals surface area contributed by atoms with E-state index in [2.05, 4.69) is 4.90 Å². The lowest BCUT2D eigenvalue weighted by atomic mass is 10.2. The molecular formula is C19H22Cl3N3O2S2. The van der Waals surface area contributed by atoms with Gasteiger partial charge in [-0.15, -0.1) is 23.7 Å². The number of aromatic nitrogens is 1. The molecule has 0 saturated carbocycles. The Bertz CT molecular complexity index is 1000. The SMILES string of the molecule is COc1ccc(C)c2sc(N(CCCN(C)C)C(=O)c3cc(Cl)sc3Cl)nc12.Cl. The Labute approximate surface area is 194 Å². The number of hydrogen-bond acceptors (Lipinski definition) is 6. The maximum absolute atomic E-state index is 13.3. The smallest absolute Gasteiger partial charge is 0.262 e. The summed E-state index contributed by atoms with van der Waals surface area (Å²) in [5, 5.41) is 0.629. The third-order valence-corrected chi connectivity index (χ3v) is 6.96. The molecule has 2 heterocycles. The zero-order chi connectivity index (χ0) is 20.4. The maximum atomic E-state index is 13.3. The maximum Gasteiger partial charge on any atom is 0.262 e. The average Bonchev–Trinajstić information content (AvgIpc) is 3.22. The summed E-state index contributed by atoms with van der Waals surface area (Å²) < 4.78 is 7.34. The van der Waals surface area contributed by atoms with E-state index >= 15 is 0 Å². The van der Waals surface area contributed by atoms with Crippen molar-refractivity contribution in [3.63, 3.8) is 0 Å². The summed E-state index contributed by atoms with van der Waals surface area (Å²) in [4.78, 5) is 21.8. The van der Waals surface area contributed by atoms with Gasteiger partial charge in [0, 0.05) is 6.54 Å². The number of aryl methyl sites for hydroxylation is 1. The molecule has 1 amide bonds. The van der Waals surface area contributed by atoms with Crippen LogP contribution in [0.3, 0.4) is 0 Å². The fourth-order valence-electron chi connectivity index (χ4n) is 2.84. The molecule has 158 valence electrons. The van der Waals surface area contributed by atoms with Crippen LogP contribution in [0.1, 0.15) is 22.3 Å². The van der Waals surface area contributed by atoms with Gasteiger partial charge in [0.05, 0.1) is 21.7 Å². The lowest BCUT2D eigenvalue weighted by Gasteiger charge is -2.20. The van der Waals surface area contributed by atoms with E-state index in [9.17, 15) is 4.79 Å². The molecule has 0 spiro atoms. The monoisotopic (exact) mass is 493 g/mol. The minimum absolute atomic E-state index is 0. The number of benzene rings is 1. The minimum atomic E-state index is -0.192. The molecule has 5 nitrogen and oxygen atoms in total. The van der Waals surface area contributed by atoms with Gasteiger partial charge >= 0.3 is 0 Å². The number of hydrogen-bond donors (Lipinski definition) is 0. The lowest BCUT2D eigenvalue weighted by Crippen LogP contribution is -2.33. The molecule has 3 rings (SSSR count). The number of ether oxygens (including phenoxy) is 1. The van der Waals surface area contributed by atoms with E-state index in [0.29, 0.717) is 31.7 Å². The summed E-state index contributed by atoms with van der Waals surface area (Å²) in [6.07, 6.45) is 0.806. The van der Waals surface area contributed by atoms with Crippen molar-refractivity contribution >= 4 is 79.5 Å². The molecule has 10 heteroatoms. The van der Waals surface area contributed by atoms with Gasteiger partial charge in [-0.05, 0) is 51.7 Å². The molecule has 0 radical (unpaired) electrons. The second kappa shape index (κ2) is 10.3. The van der Waals surface area contributed by atoms with Gasteiger partial charge in [0.15, 0.2) is 5.13 Å².